The Hall–Kier alpha value is -3.50. The highest BCUT2D eigenvalue weighted by Gasteiger charge is 2.72. The lowest BCUT2D eigenvalue weighted by molar-refractivity contribution is -0.160. The highest BCUT2D eigenvalue weighted by Crippen LogP contribution is 2.53. The molecule has 4 heterocycles. The molecule has 0 aliphatic carbocycles. The van der Waals surface area contributed by atoms with Gasteiger partial charge in [0.25, 0.3) is 0 Å². The Morgan fingerprint density at radius 2 is 1.75 bits per heavy atom. The minimum absolute atomic E-state index is 0.0693. The van der Waals surface area contributed by atoms with Crippen molar-refractivity contribution in [2.24, 2.45) is 17.3 Å². The van der Waals surface area contributed by atoms with E-state index in [4.69, 9.17) is 9.47 Å². The Balaban J connectivity index is 1.57. The molecule has 1 aromatic carbocycles. The van der Waals surface area contributed by atoms with Gasteiger partial charge < -0.3 is 29.7 Å². The molecular formula is C34H45N3O7. The van der Waals surface area contributed by atoms with E-state index >= 15 is 0 Å². The van der Waals surface area contributed by atoms with Gasteiger partial charge in [0.15, 0.2) is 0 Å². The van der Waals surface area contributed by atoms with Crippen LogP contribution in [0.25, 0.3) is 0 Å². The maximum Gasteiger partial charge on any atom is 0.313 e. The van der Waals surface area contributed by atoms with Gasteiger partial charge in [-0.1, -0.05) is 75.4 Å². The zero-order valence-electron chi connectivity index (χ0n) is 26.3. The fraction of sp³-hybridized carbons (Fsp3) is 0.588. The monoisotopic (exact) mass is 607 g/mol. The standard InChI is InChI=1S/C34H45N3O7/c1-32(2,3)21-33(4,5)37-17-11-16-34-27(29(40)36(18-19-38)28(34)30(37)41)26-23(44-34)14-9-10-15-25(39)35-20-24(43-31(26)42)22-12-7-6-8-13-22/h6-9,11-14,16,23-24,26-28,38H,10,15,17-21H2,1-5H3,(H,35,39)/b14-9-/t23-,24+,26+,27+,28-,34+/m1/s1. The highest BCUT2D eigenvalue weighted by atomic mass is 16.6. The summed E-state index contributed by atoms with van der Waals surface area (Å²) in [4.78, 5) is 58.7. The predicted octanol–water partition coefficient (Wildman–Crippen LogP) is 2.92. The van der Waals surface area contributed by atoms with Crippen LogP contribution in [-0.2, 0) is 28.7 Å². The Kier molecular flexibility index (Phi) is 8.79. The van der Waals surface area contributed by atoms with E-state index in [0.29, 0.717) is 24.9 Å². The second kappa shape index (κ2) is 12.1. The van der Waals surface area contributed by atoms with Crippen LogP contribution in [0, 0.1) is 17.3 Å². The number of aliphatic hydroxyl groups is 1. The summed E-state index contributed by atoms with van der Waals surface area (Å²) in [6.45, 7) is 10.4. The molecule has 3 amide bonds. The summed E-state index contributed by atoms with van der Waals surface area (Å²) in [5.41, 5.74) is -1.35. The van der Waals surface area contributed by atoms with Crippen LogP contribution in [0.1, 0.15) is 65.5 Å². The number of benzene rings is 1. The average Bonchev–Trinajstić information content (AvgIpc) is 3.32. The van der Waals surface area contributed by atoms with Gasteiger partial charge in [0.1, 0.15) is 23.7 Å². The van der Waals surface area contributed by atoms with Crippen LogP contribution < -0.4 is 5.32 Å². The first-order valence-corrected chi connectivity index (χ1v) is 15.6. The summed E-state index contributed by atoms with van der Waals surface area (Å²) >= 11 is 0. The molecule has 0 radical (unpaired) electrons. The molecule has 4 aliphatic heterocycles. The SMILES string of the molecule is CC(C)(C)CC(C)(C)N1CC=C[C@]23O[C@@H]4/C=C\CCC(=O)NC[C@@H](c5ccccc5)OC(=O)[C@@H]4[C@H]2C(=O)N(CCO)[C@@H]3C1=O. The molecule has 5 rings (SSSR count). The van der Waals surface area contributed by atoms with E-state index in [0.717, 1.165) is 0 Å². The number of hydrogen-bond acceptors (Lipinski definition) is 7. The molecule has 0 saturated carbocycles. The Labute approximate surface area is 259 Å². The van der Waals surface area contributed by atoms with Crippen LogP contribution in [0.15, 0.2) is 54.6 Å². The van der Waals surface area contributed by atoms with Crippen molar-refractivity contribution in [2.75, 3.05) is 26.2 Å². The zero-order valence-corrected chi connectivity index (χ0v) is 26.3. The molecule has 2 N–H and O–H groups in total. The molecule has 1 aromatic rings. The third-order valence-corrected chi connectivity index (χ3v) is 9.08. The smallest absolute Gasteiger partial charge is 0.313 e. The van der Waals surface area contributed by atoms with Gasteiger partial charge in [0.2, 0.25) is 17.7 Å². The van der Waals surface area contributed by atoms with E-state index in [2.05, 4.69) is 26.1 Å². The van der Waals surface area contributed by atoms with E-state index in [9.17, 15) is 24.3 Å². The van der Waals surface area contributed by atoms with Crippen LogP contribution in [0.4, 0.5) is 0 Å². The number of carbonyl (C=O) groups is 4. The van der Waals surface area contributed by atoms with E-state index in [1.54, 1.807) is 23.1 Å². The molecule has 6 atom stereocenters. The van der Waals surface area contributed by atoms with Crippen molar-refractivity contribution in [1.82, 2.24) is 15.1 Å². The minimum atomic E-state index is -1.44. The topological polar surface area (TPSA) is 125 Å². The van der Waals surface area contributed by atoms with Gasteiger partial charge >= 0.3 is 5.97 Å². The molecule has 10 heteroatoms. The number of nitrogens with one attached hydrogen (secondary N) is 1. The lowest BCUT2D eigenvalue weighted by Gasteiger charge is -2.44. The van der Waals surface area contributed by atoms with Crippen LogP contribution in [0.2, 0.25) is 0 Å². The number of likely N-dealkylation sites (tertiary alicyclic amines) is 1. The van der Waals surface area contributed by atoms with Gasteiger partial charge in [-0.25, -0.2) is 0 Å². The number of esters is 1. The van der Waals surface area contributed by atoms with Crippen molar-refractivity contribution in [3.05, 3.63) is 60.2 Å². The lowest BCUT2D eigenvalue weighted by Crippen LogP contribution is -2.60. The van der Waals surface area contributed by atoms with Gasteiger partial charge in [0, 0.05) is 25.0 Å². The molecule has 4 aliphatic rings. The Morgan fingerprint density at radius 3 is 2.43 bits per heavy atom. The van der Waals surface area contributed by atoms with Gasteiger partial charge in [-0.05, 0) is 37.7 Å². The molecule has 238 valence electrons. The van der Waals surface area contributed by atoms with Gasteiger partial charge in [-0.15, -0.1) is 0 Å². The number of ether oxygens (including phenoxy) is 2. The molecule has 2 saturated heterocycles. The first-order valence-electron chi connectivity index (χ1n) is 15.6. The van der Waals surface area contributed by atoms with Crippen LogP contribution in [0.3, 0.4) is 0 Å². The maximum atomic E-state index is 14.6. The molecule has 2 fully saturated rings. The highest BCUT2D eigenvalue weighted by molar-refractivity contribution is 5.99. The molecule has 44 heavy (non-hydrogen) atoms. The molecule has 0 aromatic heterocycles. The van der Waals surface area contributed by atoms with Crippen LogP contribution in [-0.4, -0.2) is 88.1 Å². The first-order chi connectivity index (χ1) is 20.8. The Bertz CT molecular complexity index is 1330. The van der Waals surface area contributed by atoms with Crippen molar-refractivity contribution in [1.29, 1.82) is 0 Å². The third-order valence-electron chi connectivity index (χ3n) is 9.08. The number of amides is 3. The summed E-state index contributed by atoms with van der Waals surface area (Å²) in [5.74, 6) is -3.60. The third kappa shape index (κ3) is 5.94. The second-order valence-electron chi connectivity index (χ2n) is 14.1. The summed E-state index contributed by atoms with van der Waals surface area (Å²) in [6, 6.07) is 8.08. The van der Waals surface area contributed by atoms with Crippen molar-refractivity contribution >= 4 is 23.7 Å². The summed E-state index contributed by atoms with van der Waals surface area (Å²) in [6.07, 6.45) is 6.87. The second-order valence-corrected chi connectivity index (χ2v) is 14.1. The molecule has 0 unspecified atom stereocenters. The Morgan fingerprint density at radius 1 is 1.02 bits per heavy atom. The number of aliphatic hydroxyl groups excluding tert-OH is 1. The van der Waals surface area contributed by atoms with Crippen molar-refractivity contribution in [2.45, 2.75) is 83.3 Å². The number of carbonyl (C=O) groups excluding carboxylic acids is 4. The van der Waals surface area contributed by atoms with Crippen molar-refractivity contribution < 1.29 is 33.8 Å². The number of nitrogens with zero attached hydrogens (tertiary/aromatic N) is 2. The zero-order chi connectivity index (χ0) is 31.9. The maximum absolute atomic E-state index is 14.6. The quantitative estimate of drug-likeness (QED) is 0.390. The lowest BCUT2D eigenvalue weighted by atomic mass is 9.77. The summed E-state index contributed by atoms with van der Waals surface area (Å²) in [7, 11) is 0. The fourth-order valence-corrected chi connectivity index (χ4v) is 7.69. The van der Waals surface area contributed by atoms with Crippen molar-refractivity contribution in [3.63, 3.8) is 0 Å². The number of fused-ring (bicyclic) bond motifs is 2. The van der Waals surface area contributed by atoms with Crippen molar-refractivity contribution in [3.8, 4) is 0 Å². The molecule has 1 spiro atoms. The van der Waals surface area contributed by atoms with Crippen LogP contribution in [0.5, 0.6) is 0 Å². The number of β-amino-alcohol motifs (C(OH)–C–C–N with tert-alkyl or cyclic N) is 1. The van der Waals surface area contributed by atoms with E-state index < -0.39 is 53.1 Å². The van der Waals surface area contributed by atoms with E-state index in [-0.39, 0.29) is 43.3 Å². The normalized spacial score (nSPS) is 32.1. The van der Waals surface area contributed by atoms with Crippen LogP contribution >= 0.6 is 0 Å². The van der Waals surface area contributed by atoms with E-state index in [1.165, 1.54) is 4.90 Å². The first kappa shape index (κ1) is 31.9. The molecule has 0 bridgehead atoms. The minimum Gasteiger partial charge on any atom is -0.455 e. The average molecular weight is 608 g/mol. The van der Waals surface area contributed by atoms with E-state index in [1.807, 2.05) is 50.3 Å². The number of cyclic esters (lactones) is 1. The molecular weight excluding hydrogens is 562 g/mol. The van der Waals surface area contributed by atoms with Gasteiger partial charge in [-0.3, -0.25) is 19.2 Å². The fourth-order valence-electron chi connectivity index (χ4n) is 7.69. The van der Waals surface area contributed by atoms with Gasteiger partial charge in [-0.2, -0.15) is 0 Å². The molecule has 10 nitrogen and oxygen atoms in total. The summed E-state index contributed by atoms with van der Waals surface area (Å²) < 4.78 is 12.8. The van der Waals surface area contributed by atoms with Gasteiger partial charge in [0.05, 0.1) is 25.2 Å². The number of allylic oxidation sites excluding steroid dienone is 1. The number of rotatable bonds is 5. The predicted molar refractivity (Wildman–Crippen MR) is 163 cm³/mol. The summed E-state index contributed by atoms with van der Waals surface area (Å²) in [5, 5.41) is 12.8. The largest absolute Gasteiger partial charge is 0.455 e. The number of hydrogen-bond donors (Lipinski definition) is 2.